The molecular formula is C35H37F2N7O6S. The van der Waals surface area contributed by atoms with Crippen molar-refractivity contribution in [2.45, 2.75) is 32.4 Å². The van der Waals surface area contributed by atoms with Crippen LogP contribution in [0.1, 0.15) is 35.7 Å². The van der Waals surface area contributed by atoms with Crippen LogP contribution in [0.15, 0.2) is 79.0 Å². The lowest BCUT2D eigenvalue weighted by Gasteiger charge is -2.38. The summed E-state index contributed by atoms with van der Waals surface area (Å²) >= 11 is 0. The maximum absolute atomic E-state index is 14.3. The quantitative estimate of drug-likeness (QED) is 0.157. The van der Waals surface area contributed by atoms with E-state index in [9.17, 15) is 31.6 Å². The number of sulfonamides is 1. The van der Waals surface area contributed by atoms with Crippen LogP contribution in [0, 0.1) is 11.6 Å². The Kier molecular flexibility index (Phi) is 11.5. The second kappa shape index (κ2) is 15.9. The standard InChI is InChI=1S/C35H37F2N7O6S/c1-22(45)40-31-19-25(8-10-30(31)37)41-35(47)44(28-6-4-5-24(36)17-28)27-13-15-43(16-14-27)21-23-7-12-33(39-20-23)50-32-11-9-26(42-51(3,48)49)18-29(32)34(46)38-2/h4-12,17-20,27,42H,13-16,21H2,1-3H3,(H,38,46)(H,40,45)(H,41,47). The number of likely N-dealkylation sites (tertiary alicyclic amines) is 1. The summed E-state index contributed by atoms with van der Waals surface area (Å²) in [6.07, 6.45) is 3.82. The van der Waals surface area contributed by atoms with E-state index in [2.05, 4.69) is 30.6 Å². The van der Waals surface area contributed by atoms with Crippen molar-refractivity contribution in [1.29, 1.82) is 0 Å². The molecule has 2 heterocycles. The number of urea groups is 1. The molecule has 0 aliphatic carbocycles. The molecule has 0 atom stereocenters. The van der Waals surface area contributed by atoms with E-state index < -0.39 is 39.5 Å². The van der Waals surface area contributed by atoms with Gasteiger partial charge in [0.15, 0.2) is 0 Å². The zero-order chi connectivity index (χ0) is 36.7. The van der Waals surface area contributed by atoms with Crippen LogP contribution < -0.4 is 30.3 Å². The van der Waals surface area contributed by atoms with E-state index in [1.165, 1.54) is 67.4 Å². The van der Waals surface area contributed by atoms with Gasteiger partial charge in [-0.1, -0.05) is 12.1 Å². The number of aromatic nitrogens is 1. The Labute approximate surface area is 294 Å². The first-order valence-corrected chi connectivity index (χ1v) is 17.8. The Hall–Kier alpha value is -5.61. The number of ether oxygens (including phenoxy) is 1. The molecule has 4 N–H and O–H groups in total. The van der Waals surface area contributed by atoms with Crippen molar-refractivity contribution in [2.24, 2.45) is 0 Å². The number of halogens is 2. The number of rotatable bonds is 11. The minimum Gasteiger partial charge on any atom is -0.438 e. The molecule has 1 saturated heterocycles. The molecule has 0 radical (unpaired) electrons. The third kappa shape index (κ3) is 9.98. The second-order valence-electron chi connectivity index (χ2n) is 11.9. The Bertz CT molecular complexity index is 2020. The van der Waals surface area contributed by atoms with Crippen LogP contribution in [0.3, 0.4) is 0 Å². The van der Waals surface area contributed by atoms with Crippen molar-refractivity contribution in [3.8, 4) is 11.6 Å². The summed E-state index contributed by atoms with van der Waals surface area (Å²) in [5, 5.41) is 7.67. The first kappa shape index (κ1) is 36.7. The smallest absolute Gasteiger partial charge is 0.326 e. The van der Waals surface area contributed by atoms with E-state index in [-0.39, 0.29) is 40.3 Å². The van der Waals surface area contributed by atoms with Gasteiger partial charge in [0.25, 0.3) is 5.91 Å². The van der Waals surface area contributed by atoms with Gasteiger partial charge in [0, 0.05) is 69.0 Å². The summed E-state index contributed by atoms with van der Waals surface area (Å²) in [5.41, 5.74) is 1.78. The van der Waals surface area contributed by atoms with Gasteiger partial charge < -0.3 is 20.7 Å². The minimum atomic E-state index is -3.55. The molecule has 1 aliphatic heterocycles. The van der Waals surface area contributed by atoms with E-state index >= 15 is 0 Å². The topological polar surface area (TPSA) is 162 Å². The monoisotopic (exact) mass is 721 g/mol. The third-order valence-corrected chi connectivity index (χ3v) is 8.54. The summed E-state index contributed by atoms with van der Waals surface area (Å²) in [4.78, 5) is 45.7. The highest BCUT2D eigenvalue weighted by Gasteiger charge is 2.30. The summed E-state index contributed by atoms with van der Waals surface area (Å²) in [6, 6.07) is 16.6. The minimum absolute atomic E-state index is 0.0771. The molecule has 5 rings (SSSR count). The molecule has 3 aromatic carbocycles. The SMILES string of the molecule is CNC(=O)c1cc(NS(C)(=O)=O)ccc1Oc1ccc(CN2CCC(N(C(=O)Nc3ccc(F)c(NC(C)=O)c3)c3cccc(F)c3)CC2)cn1. The zero-order valence-corrected chi connectivity index (χ0v) is 28.9. The number of benzene rings is 3. The number of amides is 4. The van der Waals surface area contributed by atoms with Crippen LogP contribution >= 0.6 is 0 Å². The van der Waals surface area contributed by atoms with Crippen molar-refractivity contribution >= 4 is 50.6 Å². The number of carbonyl (C=O) groups excluding carboxylic acids is 3. The normalized spacial score (nSPS) is 13.6. The van der Waals surface area contributed by atoms with E-state index in [1.54, 1.807) is 18.3 Å². The fourth-order valence-electron chi connectivity index (χ4n) is 5.67. The van der Waals surface area contributed by atoms with E-state index in [4.69, 9.17) is 4.74 Å². The lowest BCUT2D eigenvalue weighted by Crippen LogP contribution is -2.49. The van der Waals surface area contributed by atoms with Gasteiger partial charge >= 0.3 is 6.03 Å². The van der Waals surface area contributed by atoms with Gasteiger partial charge in [0.2, 0.25) is 21.8 Å². The molecular weight excluding hydrogens is 684 g/mol. The second-order valence-corrected chi connectivity index (χ2v) is 13.7. The number of hydrogen-bond donors (Lipinski definition) is 4. The molecule has 4 aromatic rings. The Morgan fingerprint density at radius 1 is 0.961 bits per heavy atom. The van der Waals surface area contributed by atoms with Crippen LogP contribution in [-0.4, -0.2) is 68.6 Å². The molecule has 1 aliphatic rings. The van der Waals surface area contributed by atoms with Gasteiger partial charge in [-0.25, -0.2) is 27.0 Å². The van der Waals surface area contributed by atoms with Crippen LogP contribution in [0.2, 0.25) is 0 Å². The highest BCUT2D eigenvalue weighted by Crippen LogP contribution is 2.30. The van der Waals surface area contributed by atoms with E-state index in [0.717, 1.165) is 17.9 Å². The number of pyridine rings is 1. The molecule has 268 valence electrons. The van der Waals surface area contributed by atoms with Crippen molar-refractivity contribution in [2.75, 3.05) is 46.6 Å². The summed E-state index contributed by atoms with van der Waals surface area (Å²) in [7, 11) is -2.10. The number of piperidine rings is 1. The molecule has 13 nitrogen and oxygen atoms in total. The maximum Gasteiger partial charge on any atom is 0.326 e. The van der Waals surface area contributed by atoms with Crippen molar-refractivity contribution < 1.29 is 36.3 Å². The van der Waals surface area contributed by atoms with Gasteiger partial charge in [-0.3, -0.25) is 24.1 Å². The van der Waals surface area contributed by atoms with Crippen molar-refractivity contribution in [1.82, 2.24) is 15.2 Å². The van der Waals surface area contributed by atoms with E-state index in [1.807, 2.05) is 6.07 Å². The lowest BCUT2D eigenvalue weighted by molar-refractivity contribution is -0.114. The number of hydrogen-bond acceptors (Lipinski definition) is 8. The van der Waals surface area contributed by atoms with E-state index in [0.29, 0.717) is 38.2 Å². The van der Waals surface area contributed by atoms with Crippen LogP contribution in [0.25, 0.3) is 0 Å². The number of nitrogens with zero attached hydrogens (tertiary/aromatic N) is 3. The lowest BCUT2D eigenvalue weighted by atomic mass is 10.0. The zero-order valence-electron chi connectivity index (χ0n) is 28.1. The third-order valence-electron chi connectivity index (χ3n) is 7.93. The summed E-state index contributed by atoms with van der Waals surface area (Å²) in [5.74, 6) is -1.66. The highest BCUT2D eigenvalue weighted by atomic mass is 32.2. The van der Waals surface area contributed by atoms with Crippen molar-refractivity contribution in [3.63, 3.8) is 0 Å². The molecule has 0 bridgehead atoms. The Balaban J connectivity index is 1.23. The predicted octanol–water partition coefficient (Wildman–Crippen LogP) is 5.54. The molecule has 0 unspecified atom stereocenters. The summed E-state index contributed by atoms with van der Waals surface area (Å²) in [6.45, 7) is 3.05. The molecule has 1 fully saturated rings. The number of carbonyl (C=O) groups is 3. The fourth-order valence-corrected chi connectivity index (χ4v) is 6.23. The Morgan fingerprint density at radius 3 is 2.35 bits per heavy atom. The summed E-state index contributed by atoms with van der Waals surface area (Å²) < 4.78 is 60.0. The fraction of sp³-hybridized carbons (Fsp3) is 0.257. The predicted molar refractivity (Wildman–Crippen MR) is 190 cm³/mol. The number of anilines is 4. The van der Waals surface area contributed by atoms with Crippen LogP contribution in [-0.2, 0) is 21.4 Å². The molecule has 16 heteroatoms. The van der Waals surface area contributed by atoms with Gasteiger partial charge in [0.05, 0.1) is 17.5 Å². The average molecular weight is 722 g/mol. The molecule has 4 amide bonds. The van der Waals surface area contributed by atoms with Gasteiger partial charge in [-0.2, -0.15) is 0 Å². The Morgan fingerprint density at radius 2 is 1.71 bits per heavy atom. The average Bonchev–Trinajstić information content (AvgIpc) is 3.07. The highest BCUT2D eigenvalue weighted by molar-refractivity contribution is 7.92. The molecule has 0 spiro atoms. The first-order valence-electron chi connectivity index (χ1n) is 15.9. The van der Waals surface area contributed by atoms with Gasteiger partial charge in [0.1, 0.15) is 17.4 Å². The van der Waals surface area contributed by atoms with Crippen LogP contribution in [0.5, 0.6) is 11.6 Å². The van der Waals surface area contributed by atoms with Crippen LogP contribution in [0.4, 0.5) is 36.3 Å². The molecule has 0 saturated carbocycles. The number of nitrogens with one attached hydrogen (secondary N) is 4. The first-order chi connectivity index (χ1) is 24.3. The van der Waals surface area contributed by atoms with Gasteiger partial charge in [-0.15, -0.1) is 0 Å². The molecule has 51 heavy (non-hydrogen) atoms. The molecule has 1 aromatic heterocycles. The maximum atomic E-state index is 14.3. The van der Waals surface area contributed by atoms with Crippen molar-refractivity contribution in [3.05, 3.63) is 102 Å². The van der Waals surface area contributed by atoms with Gasteiger partial charge in [-0.05, 0) is 73.0 Å². The largest absolute Gasteiger partial charge is 0.438 e.